The van der Waals surface area contributed by atoms with E-state index in [2.05, 4.69) is 19.2 Å². The number of hydrogen-bond acceptors (Lipinski definition) is 3. The van der Waals surface area contributed by atoms with E-state index in [4.69, 9.17) is 0 Å². The predicted octanol–water partition coefficient (Wildman–Crippen LogP) is 4.84. The van der Waals surface area contributed by atoms with Gasteiger partial charge in [0.15, 0.2) is 0 Å². The first-order valence-corrected chi connectivity index (χ1v) is 10.3. The molecule has 5 heteroatoms. The van der Waals surface area contributed by atoms with Crippen molar-refractivity contribution in [1.82, 2.24) is 4.90 Å². The Kier molecular flexibility index (Phi) is 7.92. The minimum Gasteiger partial charge on any atom is -0.339 e. The van der Waals surface area contributed by atoms with E-state index in [-0.39, 0.29) is 17.6 Å². The quantitative estimate of drug-likeness (QED) is 0.662. The van der Waals surface area contributed by atoms with E-state index >= 15 is 0 Å². The molecule has 0 aliphatic carbocycles. The molecular formula is C22H28N2O2S. The van der Waals surface area contributed by atoms with Gasteiger partial charge in [0.1, 0.15) is 0 Å². The maximum Gasteiger partial charge on any atom is 0.254 e. The molecular weight excluding hydrogens is 356 g/mol. The number of nitrogens with one attached hydrogen (secondary N) is 1. The summed E-state index contributed by atoms with van der Waals surface area (Å²) in [5.74, 6) is 0.608. The maximum atomic E-state index is 12.9. The van der Waals surface area contributed by atoms with Crippen LogP contribution in [0.5, 0.6) is 0 Å². The van der Waals surface area contributed by atoms with Gasteiger partial charge in [0, 0.05) is 23.7 Å². The van der Waals surface area contributed by atoms with Gasteiger partial charge in [-0.2, -0.15) is 0 Å². The summed E-state index contributed by atoms with van der Waals surface area (Å²) < 4.78 is 0. The van der Waals surface area contributed by atoms with Crippen molar-refractivity contribution in [3.05, 3.63) is 59.7 Å². The van der Waals surface area contributed by atoms with Crippen LogP contribution in [0.3, 0.4) is 0 Å². The minimum absolute atomic E-state index is 0.0215. The molecule has 2 amide bonds. The number of anilines is 1. The van der Waals surface area contributed by atoms with Crippen molar-refractivity contribution in [3.63, 3.8) is 0 Å². The van der Waals surface area contributed by atoms with Gasteiger partial charge in [-0.05, 0) is 44.0 Å². The summed E-state index contributed by atoms with van der Waals surface area (Å²) in [7, 11) is 0. The lowest BCUT2D eigenvalue weighted by Crippen LogP contribution is -2.34. The summed E-state index contributed by atoms with van der Waals surface area (Å²) in [4.78, 5) is 27.9. The summed E-state index contributed by atoms with van der Waals surface area (Å²) in [6, 6.07) is 15.2. The fraction of sp³-hybridized carbons (Fsp3) is 0.364. The van der Waals surface area contributed by atoms with Gasteiger partial charge in [0.2, 0.25) is 5.91 Å². The molecule has 144 valence electrons. The highest BCUT2D eigenvalue weighted by molar-refractivity contribution is 8.00. The van der Waals surface area contributed by atoms with Crippen LogP contribution in [0.25, 0.3) is 0 Å². The average Bonchev–Trinajstić information content (AvgIpc) is 2.66. The van der Waals surface area contributed by atoms with Crippen LogP contribution >= 0.6 is 11.8 Å². The second-order valence-electron chi connectivity index (χ2n) is 6.94. The molecule has 0 aromatic heterocycles. The van der Waals surface area contributed by atoms with Crippen molar-refractivity contribution in [2.75, 3.05) is 24.2 Å². The molecule has 0 aliphatic heterocycles. The molecule has 0 radical (unpaired) electrons. The van der Waals surface area contributed by atoms with Gasteiger partial charge in [0.25, 0.3) is 5.91 Å². The number of thioether (sulfide) groups is 1. The van der Waals surface area contributed by atoms with E-state index < -0.39 is 0 Å². The molecule has 2 aromatic carbocycles. The molecule has 0 aliphatic rings. The summed E-state index contributed by atoms with van der Waals surface area (Å²) in [5, 5.41) is 2.89. The Labute approximate surface area is 166 Å². The van der Waals surface area contributed by atoms with E-state index in [0.29, 0.717) is 18.0 Å². The van der Waals surface area contributed by atoms with Crippen LogP contribution in [0, 0.1) is 12.8 Å². The molecule has 4 nitrogen and oxygen atoms in total. The number of hydrogen-bond donors (Lipinski definition) is 1. The Balaban J connectivity index is 2.03. The fourth-order valence-electron chi connectivity index (χ4n) is 2.71. The van der Waals surface area contributed by atoms with E-state index in [9.17, 15) is 9.59 Å². The third-order valence-corrected chi connectivity index (χ3v) is 5.14. The van der Waals surface area contributed by atoms with Crippen molar-refractivity contribution in [3.8, 4) is 0 Å². The zero-order chi connectivity index (χ0) is 19.8. The van der Waals surface area contributed by atoms with Crippen LogP contribution in [-0.2, 0) is 4.79 Å². The number of carbonyl (C=O) groups is 2. The zero-order valence-corrected chi connectivity index (χ0v) is 17.3. The summed E-state index contributed by atoms with van der Waals surface area (Å²) >= 11 is 1.39. The molecule has 0 unspecified atom stereocenters. The Morgan fingerprint density at radius 3 is 2.37 bits per heavy atom. The van der Waals surface area contributed by atoms with Crippen molar-refractivity contribution < 1.29 is 9.59 Å². The molecule has 0 saturated carbocycles. The molecule has 2 aromatic rings. The van der Waals surface area contributed by atoms with Crippen LogP contribution in [0.1, 0.15) is 36.7 Å². The smallest absolute Gasteiger partial charge is 0.254 e. The van der Waals surface area contributed by atoms with Gasteiger partial charge in [-0.15, -0.1) is 11.8 Å². The lowest BCUT2D eigenvalue weighted by atomic mass is 10.1. The summed E-state index contributed by atoms with van der Waals surface area (Å²) in [5.41, 5.74) is 2.59. The van der Waals surface area contributed by atoms with Crippen molar-refractivity contribution >= 4 is 29.3 Å². The molecule has 27 heavy (non-hydrogen) atoms. The first-order chi connectivity index (χ1) is 12.9. The number of amides is 2. The predicted molar refractivity (Wildman–Crippen MR) is 113 cm³/mol. The number of carbonyl (C=O) groups excluding carboxylic acids is 2. The number of rotatable bonds is 8. The van der Waals surface area contributed by atoms with E-state index in [1.807, 2.05) is 67.3 Å². The lowest BCUT2D eigenvalue weighted by molar-refractivity contribution is -0.113. The van der Waals surface area contributed by atoms with Crippen molar-refractivity contribution in [2.45, 2.75) is 32.6 Å². The van der Waals surface area contributed by atoms with Gasteiger partial charge < -0.3 is 10.2 Å². The minimum atomic E-state index is -0.0827. The highest BCUT2D eigenvalue weighted by Gasteiger charge is 2.19. The molecule has 0 bridgehead atoms. The molecule has 1 N–H and O–H groups in total. The first kappa shape index (κ1) is 21.0. The monoisotopic (exact) mass is 384 g/mol. The molecule has 2 rings (SSSR count). The van der Waals surface area contributed by atoms with Gasteiger partial charge in [-0.25, -0.2) is 0 Å². The molecule has 0 spiro atoms. The highest BCUT2D eigenvalue weighted by atomic mass is 32.2. The third-order valence-electron chi connectivity index (χ3n) is 4.07. The Morgan fingerprint density at radius 1 is 1.07 bits per heavy atom. The van der Waals surface area contributed by atoms with Gasteiger partial charge >= 0.3 is 0 Å². The summed E-state index contributed by atoms with van der Waals surface area (Å²) in [6.07, 6.45) is 0. The number of nitrogens with zero attached hydrogens (tertiary/aromatic N) is 1. The number of benzene rings is 2. The second kappa shape index (κ2) is 10.2. The highest BCUT2D eigenvalue weighted by Crippen LogP contribution is 2.24. The molecule has 0 fully saturated rings. The van der Waals surface area contributed by atoms with Crippen LogP contribution in [0.2, 0.25) is 0 Å². The average molecular weight is 385 g/mol. The van der Waals surface area contributed by atoms with Crippen LogP contribution in [0.4, 0.5) is 5.69 Å². The molecule has 0 atom stereocenters. The number of aryl methyl sites for hydroxylation is 1. The van der Waals surface area contributed by atoms with Crippen LogP contribution in [0.15, 0.2) is 53.4 Å². The van der Waals surface area contributed by atoms with Crippen LogP contribution in [-0.4, -0.2) is 35.6 Å². The Bertz CT molecular complexity index is 772. The zero-order valence-electron chi connectivity index (χ0n) is 16.5. The van der Waals surface area contributed by atoms with E-state index in [1.165, 1.54) is 11.8 Å². The fourth-order valence-corrected chi connectivity index (χ4v) is 3.56. The van der Waals surface area contributed by atoms with Crippen molar-refractivity contribution in [1.29, 1.82) is 0 Å². The van der Waals surface area contributed by atoms with Crippen molar-refractivity contribution in [2.24, 2.45) is 5.92 Å². The Morgan fingerprint density at radius 2 is 1.74 bits per heavy atom. The lowest BCUT2D eigenvalue weighted by Gasteiger charge is -2.24. The van der Waals surface area contributed by atoms with Crippen LogP contribution < -0.4 is 5.32 Å². The third kappa shape index (κ3) is 6.43. The molecule has 0 saturated heterocycles. The Hall–Kier alpha value is -2.27. The second-order valence-corrected chi connectivity index (χ2v) is 7.95. The van der Waals surface area contributed by atoms with Gasteiger partial charge in [-0.3, -0.25) is 9.59 Å². The van der Waals surface area contributed by atoms with Gasteiger partial charge in [0.05, 0.1) is 11.3 Å². The normalized spacial score (nSPS) is 10.7. The standard InChI is InChI=1S/C22H28N2O2S/c1-5-24(14-16(2)3)22(26)19-8-6-7-9-20(19)27-15-21(25)23-18-12-10-17(4)11-13-18/h6-13,16H,5,14-15H2,1-4H3,(H,23,25). The van der Waals surface area contributed by atoms with Gasteiger partial charge in [-0.1, -0.05) is 43.7 Å². The van der Waals surface area contributed by atoms with E-state index in [0.717, 1.165) is 22.7 Å². The first-order valence-electron chi connectivity index (χ1n) is 9.28. The topological polar surface area (TPSA) is 49.4 Å². The van der Waals surface area contributed by atoms with E-state index in [1.54, 1.807) is 0 Å². The maximum absolute atomic E-state index is 12.9. The SMILES string of the molecule is CCN(CC(C)C)C(=O)c1ccccc1SCC(=O)Nc1ccc(C)cc1. The molecule has 0 heterocycles. The summed E-state index contributed by atoms with van der Waals surface area (Å²) in [6.45, 7) is 9.60. The largest absolute Gasteiger partial charge is 0.339 e.